The first kappa shape index (κ1) is 18.5. The highest BCUT2D eigenvalue weighted by Gasteiger charge is 2.14. The van der Waals surface area contributed by atoms with Crippen LogP contribution in [0.2, 0.25) is 5.02 Å². The average molecular weight is 326 g/mol. The number of hydrogen-bond acceptors (Lipinski definition) is 2. The lowest BCUT2D eigenvalue weighted by Gasteiger charge is -2.23. The minimum absolute atomic E-state index is 0.0683. The third kappa shape index (κ3) is 6.94. The van der Waals surface area contributed by atoms with Gasteiger partial charge in [0.1, 0.15) is 0 Å². The highest BCUT2D eigenvalue weighted by molar-refractivity contribution is 6.31. The second-order valence-corrected chi connectivity index (χ2v) is 5.77. The lowest BCUT2D eigenvalue weighted by Crippen LogP contribution is -2.31. The molecule has 0 aliphatic rings. The first-order valence-electron chi connectivity index (χ1n) is 7.77. The van der Waals surface area contributed by atoms with E-state index in [0.717, 1.165) is 18.4 Å². The Morgan fingerprint density at radius 2 is 1.82 bits per heavy atom. The number of unbranched alkanes of at least 4 members (excludes halogenated alkanes) is 2. The number of rotatable bonds is 10. The zero-order chi connectivity index (χ0) is 16.4. The van der Waals surface area contributed by atoms with Gasteiger partial charge in [-0.2, -0.15) is 0 Å². The van der Waals surface area contributed by atoms with E-state index < -0.39 is 5.97 Å². The maximum Gasteiger partial charge on any atom is 0.303 e. The fourth-order valence-electron chi connectivity index (χ4n) is 2.18. The molecule has 0 fully saturated rings. The summed E-state index contributed by atoms with van der Waals surface area (Å²) in [7, 11) is 0. The van der Waals surface area contributed by atoms with Crippen molar-refractivity contribution in [2.24, 2.45) is 0 Å². The molecule has 0 aliphatic heterocycles. The number of carbonyl (C=O) groups excluding carboxylic acids is 1. The van der Waals surface area contributed by atoms with Crippen LogP contribution in [0.3, 0.4) is 0 Å². The standard InChI is InChI=1S/C17H24ClNO3/c1-2-3-12-19(13-14-8-4-5-9-15(14)18)16(20)10-6-7-11-17(21)22/h4-5,8-9H,2-3,6-7,10-13H2,1H3,(H,21,22). The number of benzene rings is 1. The van der Waals surface area contributed by atoms with Gasteiger partial charge in [-0.25, -0.2) is 0 Å². The van der Waals surface area contributed by atoms with Gasteiger partial charge in [0.05, 0.1) is 0 Å². The lowest BCUT2D eigenvalue weighted by molar-refractivity contribution is -0.137. The Morgan fingerprint density at radius 3 is 2.45 bits per heavy atom. The van der Waals surface area contributed by atoms with Crippen molar-refractivity contribution in [2.75, 3.05) is 6.54 Å². The smallest absolute Gasteiger partial charge is 0.303 e. The summed E-state index contributed by atoms with van der Waals surface area (Å²) in [5, 5.41) is 9.29. The molecule has 0 saturated carbocycles. The molecule has 122 valence electrons. The van der Waals surface area contributed by atoms with E-state index in [-0.39, 0.29) is 12.3 Å². The Labute approximate surface area is 137 Å². The Balaban J connectivity index is 2.57. The molecule has 4 nitrogen and oxygen atoms in total. The molecule has 0 radical (unpaired) electrons. The number of hydrogen-bond donors (Lipinski definition) is 1. The molecule has 0 unspecified atom stereocenters. The quantitative estimate of drug-likeness (QED) is 0.658. The van der Waals surface area contributed by atoms with Crippen LogP contribution in [0.5, 0.6) is 0 Å². The molecular formula is C17H24ClNO3. The lowest BCUT2D eigenvalue weighted by atomic mass is 10.1. The van der Waals surface area contributed by atoms with Gasteiger partial charge < -0.3 is 10.0 Å². The summed E-state index contributed by atoms with van der Waals surface area (Å²) in [5.74, 6) is -0.745. The van der Waals surface area contributed by atoms with Crippen molar-refractivity contribution in [3.05, 3.63) is 34.9 Å². The maximum absolute atomic E-state index is 12.3. The number of amides is 1. The second-order valence-electron chi connectivity index (χ2n) is 5.36. The number of carboxylic acids is 1. The largest absolute Gasteiger partial charge is 0.481 e. The van der Waals surface area contributed by atoms with E-state index in [1.54, 1.807) is 0 Å². The van der Waals surface area contributed by atoms with E-state index in [1.807, 2.05) is 29.2 Å². The highest BCUT2D eigenvalue weighted by Crippen LogP contribution is 2.18. The number of halogens is 1. The summed E-state index contributed by atoms with van der Waals surface area (Å²) >= 11 is 6.17. The maximum atomic E-state index is 12.3. The van der Waals surface area contributed by atoms with Crippen molar-refractivity contribution in [2.45, 2.75) is 52.0 Å². The zero-order valence-electron chi connectivity index (χ0n) is 13.1. The van der Waals surface area contributed by atoms with Crippen molar-refractivity contribution in [1.29, 1.82) is 0 Å². The molecule has 0 saturated heterocycles. The summed E-state index contributed by atoms with van der Waals surface area (Å²) in [6.07, 6.45) is 3.62. The van der Waals surface area contributed by atoms with E-state index in [9.17, 15) is 9.59 Å². The molecule has 22 heavy (non-hydrogen) atoms. The Hall–Kier alpha value is -1.55. The van der Waals surface area contributed by atoms with Crippen LogP contribution in [-0.4, -0.2) is 28.4 Å². The van der Waals surface area contributed by atoms with Crippen LogP contribution in [0.4, 0.5) is 0 Å². The zero-order valence-corrected chi connectivity index (χ0v) is 13.8. The Bertz CT molecular complexity index is 491. The minimum atomic E-state index is -0.814. The van der Waals surface area contributed by atoms with E-state index in [2.05, 4.69) is 6.92 Å². The van der Waals surface area contributed by atoms with Gasteiger partial charge in [0.15, 0.2) is 0 Å². The van der Waals surface area contributed by atoms with E-state index in [4.69, 9.17) is 16.7 Å². The molecule has 1 aromatic carbocycles. The fraction of sp³-hybridized carbons (Fsp3) is 0.529. The first-order chi connectivity index (χ1) is 10.5. The van der Waals surface area contributed by atoms with Crippen molar-refractivity contribution in [3.8, 4) is 0 Å². The molecule has 0 bridgehead atoms. The van der Waals surface area contributed by atoms with Crippen molar-refractivity contribution in [1.82, 2.24) is 4.90 Å². The third-order valence-electron chi connectivity index (χ3n) is 3.48. The topological polar surface area (TPSA) is 57.6 Å². The monoisotopic (exact) mass is 325 g/mol. The summed E-state index contributed by atoms with van der Waals surface area (Å²) in [5.41, 5.74) is 0.944. The average Bonchev–Trinajstić information content (AvgIpc) is 2.49. The van der Waals surface area contributed by atoms with E-state index in [0.29, 0.717) is 37.4 Å². The number of nitrogens with zero attached hydrogens (tertiary/aromatic N) is 1. The summed E-state index contributed by atoms with van der Waals surface area (Å²) < 4.78 is 0. The molecule has 1 aromatic rings. The van der Waals surface area contributed by atoms with Crippen LogP contribution in [0, 0.1) is 0 Å². The second kappa shape index (κ2) is 10.2. The SMILES string of the molecule is CCCCN(Cc1ccccc1Cl)C(=O)CCCCC(=O)O. The molecule has 5 heteroatoms. The number of carboxylic acid groups (broad SMARTS) is 1. The molecular weight excluding hydrogens is 302 g/mol. The Kier molecular flexibility index (Phi) is 8.60. The summed E-state index contributed by atoms with van der Waals surface area (Å²) in [6.45, 7) is 3.31. The normalized spacial score (nSPS) is 10.5. The molecule has 0 spiro atoms. The van der Waals surface area contributed by atoms with Gasteiger partial charge in [-0.1, -0.05) is 43.1 Å². The van der Waals surface area contributed by atoms with Gasteiger partial charge in [0, 0.05) is 31.0 Å². The van der Waals surface area contributed by atoms with Crippen LogP contribution in [0.25, 0.3) is 0 Å². The third-order valence-corrected chi connectivity index (χ3v) is 3.85. The van der Waals surface area contributed by atoms with Crippen molar-refractivity contribution in [3.63, 3.8) is 0 Å². The Morgan fingerprint density at radius 1 is 1.14 bits per heavy atom. The summed E-state index contributed by atoms with van der Waals surface area (Å²) in [6, 6.07) is 7.54. The minimum Gasteiger partial charge on any atom is -0.481 e. The predicted octanol–water partition coefficient (Wildman–Crippen LogP) is 4.11. The molecule has 0 atom stereocenters. The van der Waals surface area contributed by atoms with Crippen molar-refractivity contribution < 1.29 is 14.7 Å². The van der Waals surface area contributed by atoms with Gasteiger partial charge in [-0.05, 0) is 30.9 Å². The van der Waals surface area contributed by atoms with Gasteiger partial charge in [0.25, 0.3) is 0 Å². The van der Waals surface area contributed by atoms with Crippen LogP contribution < -0.4 is 0 Å². The fourth-order valence-corrected chi connectivity index (χ4v) is 2.38. The molecule has 0 aromatic heterocycles. The van der Waals surface area contributed by atoms with E-state index in [1.165, 1.54) is 0 Å². The molecule has 1 rings (SSSR count). The number of carbonyl (C=O) groups is 2. The highest BCUT2D eigenvalue weighted by atomic mass is 35.5. The van der Waals surface area contributed by atoms with Crippen molar-refractivity contribution >= 4 is 23.5 Å². The summed E-state index contributed by atoms with van der Waals surface area (Å²) in [4.78, 5) is 24.7. The van der Waals surface area contributed by atoms with Crippen LogP contribution in [0.15, 0.2) is 24.3 Å². The van der Waals surface area contributed by atoms with Gasteiger partial charge >= 0.3 is 5.97 Å². The molecule has 1 amide bonds. The molecule has 0 heterocycles. The molecule has 1 N–H and O–H groups in total. The number of aliphatic carboxylic acids is 1. The van der Waals surface area contributed by atoms with Crippen LogP contribution in [-0.2, 0) is 16.1 Å². The molecule has 0 aliphatic carbocycles. The van der Waals surface area contributed by atoms with Gasteiger partial charge in [-0.3, -0.25) is 9.59 Å². The van der Waals surface area contributed by atoms with E-state index >= 15 is 0 Å². The predicted molar refractivity (Wildman–Crippen MR) is 87.9 cm³/mol. The van der Waals surface area contributed by atoms with Gasteiger partial charge in [0.2, 0.25) is 5.91 Å². The van der Waals surface area contributed by atoms with Gasteiger partial charge in [-0.15, -0.1) is 0 Å². The van der Waals surface area contributed by atoms with Crippen LogP contribution >= 0.6 is 11.6 Å². The first-order valence-corrected chi connectivity index (χ1v) is 8.15. The van der Waals surface area contributed by atoms with Crippen LogP contribution in [0.1, 0.15) is 51.0 Å².